The summed E-state index contributed by atoms with van der Waals surface area (Å²) in [4.78, 5) is 29.9. The Balaban J connectivity index is 1.61. The SMILES string of the molecule is C=C(C(=O)O)[C@@H]1CN(c2ccc(-c3nnn(C)c3COc3cn(CCC)ccc3=O)nc2CC)CC(F)(F)C1. The van der Waals surface area contributed by atoms with Gasteiger partial charge in [-0.15, -0.1) is 5.10 Å². The average molecular weight is 543 g/mol. The summed E-state index contributed by atoms with van der Waals surface area (Å²) in [7, 11) is 1.70. The lowest BCUT2D eigenvalue weighted by molar-refractivity contribution is -0.133. The van der Waals surface area contributed by atoms with Crippen LogP contribution in [0.1, 0.15) is 38.1 Å². The van der Waals surface area contributed by atoms with Gasteiger partial charge >= 0.3 is 5.97 Å². The number of aromatic nitrogens is 5. The third kappa shape index (κ3) is 6.15. The van der Waals surface area contributed by atoms with Crippen LogP contribution in [0.3, 0.4) is 0 Å². The van der Waals surface area contributed by atoms with E-state index in [0.29, 0.717) is 34.9 Å². The van der Waals surface area contributed by atoms with Gasteiger partial charge in [0.1, 0.15) is 18.0 Å². The summed E-state index contributed by atoms with van der Waals surface area (Å²) in [5.41, 5.74) is 2.12. The van der Waals surface area contributed by atoms with E-state index in [9.17, 15) is 23.5 Å². The smallest absolute Gasteiger partial charge is 0.331 e. The van der Waals surface area contributed by atoms with Gasteiger partial charge in [-0.25, -0.2) is 23.2 Å². The Morgan fingerprint density at radius 1 is 1.28 bits per heavy atom. The van der Waals surface area contributed by atoms with Crippen LogP contribution in [-0.4, -0.2) is 54.6 Å². The Morgan fingerprint density at radius 3 is 2.74 bits per heavy atom. The molecule has 3 aromatic heterocycles. The van der Waals surface area contributed by atoms with Gasteiger partial charge in [0.2, 0.25) is 5.43 Å². The molecule has 1 N–H and O–H groups in total. The van der Waals surface area contributed by atoms with Crippen molar-refractivity contribution in [3.63, 3.8) is 0 Å². The molecule has 0 aliphatic carbocycles. The molecule has 0 spiro atoms. The van der Waals surface area contributed by atoms with Crippen LogP contribution in [0.4, 0.5) is 14.5 Å². The molecule has 0 aromatic carbocycles. The van der Waals surface area contributed by atoms with Gasteiger partial charge in [-0.3, -0.25) is 4.79 Å². The van der Waals surface area contributed by atoms with Crippen molar-refractivity contribution < 1.29 is 23.4 Å². The van der Waals surface area contributed by atoms with Crippen molar-refractivity contribution in [2.75, 3.05) is 18.0 Å². The number of alkyl halides is 2. The summed E-state index contributed by atoms with van der Waals surface area (Å²) in [6.45, 7) is 7.75. The first-order valence-electron chi connectivity index (χ1n) is 12.8. The van der Waals surface area contributed by atoms with Crippen molar-refractivity contribution in [3.8, 4) is 17.1 Å². The maximum Gasteiger partial charge on any atom is 0.331 e. The van der Waals surface area contributed by atoms with E-state index in [0.717, 1.165) is 13.0 Å². The van der Waals surface area contributed by atoms with E-state index in [1.807, 2.05) is 18.4 Å². The minimum Gasteiger partial charge on any atom is -0.482 e. The number of piperidine rings is 1. The lowest BCUT2D eigenvalue weighted by atomic mass is 9.88. The number of aliphatic carboxylic acids is 1. The lowest BCUT2D eigenvalue weighted by Crippen LogP contribution is -2.48. The zero-order valence-electron chi connectivity index (χ0n) is 22.2. The molecule has 1 atom stereocenters. The first kappa shape index (κ1) is 27.9. The molecule has 1 aliphatic heterocycles. The summed E-state index contributed by atoms with van der Waals surface area (Å²) in [6.07, 6.45) is 4.17. The topological polar surface area (TPSA) is 115 Å². The maximum atomic E-state index is 14.6. The highest BCUT2D eigenvalue weighted by Gasteiger charge is 2.43. The van der Waals surface area contributed by atoms with Crippen LogP contribution in [0.2, 0.25) is 0 Å². The average Bonchev–Trinajstić information content (AvgIpc) is 3.27. The normalized spacial score (nSPS) is 16.7. The minimum absolute atomic E-state index is 0.0203. The lowest BCUT2D eigenvalue weighted by Gasteiger charge is -2.39. The van der Waals surface area contributed by atoms with Crippen molar-refractivity contribution in [1.29, 1.82) is 0 Å². The monoisotopic (exact) mass is 542 g/mol. The van der Waals surface area contributed by atoms with E-state index >= 15 is 0 Å². The third-order valence-corrected chi connectivity index (χ3v) is 6.78. The molecule has 4 heterocycles. The Labute approximate surface area is 224 Å². The highest BCUT2D eigenvalue weighted by Crippen LogP contribution is 2.37. The summed E-state index contributed by atoms with van der Waals surface area (Å²) in [5, 5.41) is 17.6. The number of nitrogens with zero attached hydrogens (tertiary/aromatic N) is 6. The summed E-state index contributed by atoms with van der Waals surface area (Å²) < 4.78 is 38.5. The van der Waals surface area contributed by atoms with Gasteiger partial charge in [-0.2, -0.15) is 0 Å². The second kappa shape index (κ2) is 11.3. The van der Waals surface area contributed by atoms with E-state index in [4.69, 9.17) is 9.72 Å². The van der Waals surface area contributed by atoms with Gasteiger partial charge in [-0.1, -0.05) is 25.6 Å². The highest BCUT2D eigenvalue weighted by atomic mass is 19.3. The van der Waals surface area contributed by atoms with E-state index in [-0.39, 0.29) is 29.9 Å². The predicted molar refractivity (Wildman–Crippen MR) is 141 cm³/mol. The van der Waals surface area contributed by atoms with Gasteiger partial charge in [0.05, 0.1) is 29.8 Å². The van der Waals surface area contributed by atoms with Gasteiger partial charge < -0.3 is 19.3 Å². The quantitative estimate of drug-likeness (QED) is 0.386. The van der Waals surface area contributed by atoms with Crippen LogP contribution in [0, 0.1) is 5.92 Å². The molecular weight excluding hydrogens is 510 g/mol. The summed E-state index contributed by atoms with van der Waals surface area (Å²) in [6, 6.07) is 4.83. The number of halogens is 2. The van der Waals surface area contributed by atoms with Crippen LogP contribution in [0.5, 0.6) is 5.75 Å². The number of carbonyl (C=O) groups is 1. The van der Waals surface area contributed by atoms with Crippen molar-refractivity contribution in [1.82, 2.24) is 24.5 Å². The molecule has 1 saturated heterocycles. The number of hydrogen-bond acceptors (Lipinski definition) is 7. The molecule has 39 heavy (non-hydrogen) atoms. The molecule has 208 valence electrons. The van der Waals surface area contributed by atoms with Crippen LogP contribution >= 0.6 is 0 Å². The molecule has 12 heteroatoms. The van der Waals surface area contributed by atoms with E-state index < -0.39 is 30.8 Å². The Kier molecular flexibility index (Phi) is 8.12. The minimum atomic E-state index is -3.08. The first-order chi connectivity index (χ1) is 18.5. The highest BCUT2D eigenvalue weighted by molar-refractivity contribution is 5.86. The predicted octanol–water partition coefficient (Wildman–Crippen LogP) is 3.69. The van der Waals surface area contributed by atoms with Crippen LogP contribution < -0.4 is 15.1 Å². The van der Waals surface area contributed by atoms with Gasteiger partial charge in [0.25, 0.3) is 5.92 Å². The molecule has 0 unspecified atom stereocenters. The number of ether oxygens (including phenoxy) is 1. The standard InChI is InChI=1S/C27H32F2N6O4/c1-5-10-34-11-9-23(36)24(14-34)39-15-22-25(31-32-33(22)4)20-7-8-21(19(6-2)30-20)35-13-18(17(3)26(37)38)12-27(28,29)16-35/h7-9,11,14,18H,3,5-6,10,12-13,15-16H2,1-2,4H3,(H,37,38)/t18-/m0/s1. The molecule has 0 bridgehead atoms. The number of carboxylic acid groups (broad SMARTS) is 1. The van der Waals surface area contributed by atoms with Crippen LogP contribution in [0.25, 0.3) is 11.4 Å². The van der Waals surface area contributed by atoms with Gasteiger partial charge in [0, 0.05) is 50.3 Å². The Morgan fingerprint density at radius 2 is 2.05 bits per heavy atom. The number of anilines is 1. The maximum absolute atomic E-state index is 14.6. The van der Waals surface area contributed by atoms with E-state index in [1.54, 1.807) is 31.6 Å². The Bertz CT molecular complexity index is 1430. The molecule has 3 aromatic rings. The zero-order valence-corrected chi connectivity index (χ0v) is 22.2. The fourth-order valence-electron chi connectivity index (χ4n) is 4.76. The number of aryl methyl sites for hydroxylation is 3. The molecule has 0 amide bonds. The molecule has 0 radical (unpaired) electrons. The third-order valence-electron chi connectivity index (χ3n) is 6.78. The molecular formula is C27H32F2N6O4. The Hall–Kier alpha value is -4.09. The molecule has 0 saturated carbocycles. The number of pyridine rings is 2. The second-order valence-corrected chi connectivity index (χ2v) is 9.69. The number of carboxylic acids is 1. The van der Waals surface area contributed by atoms with Crippen molar-refractivity contribution in [2.45, 2.75) is 52.2 Å². The first-order valence-corrected chi connectivity index (χ1v) is 12.8. The molecule has 10 nitrogen and oxygen atoms in total. The number of hydrogen-bond donors (Lipinski definition) is 1. The second-order valence-electron chi connectivity index (χ2n) is 9.69. The zero-order chi connectivity index (χ0) is 28.3. The van der Waals surface area contributed by atoms with Crippen LogP contribution in [-0.2, 0) is 31.4 Å². The summed E-state index contributed by atoms with van der Waals surface area (Å²) >= 11 is 0. The van der Waals surface area contributed by atoms with Crippen molar-refractivity contribution in [3.05, 3.63) is 64.4 Å². The summed E-state index contributed by atoms with van der Waals surface area (Å²) in [5.74, 6) is -5.04. The largest absolute Gasteiger partial charge is 0.482 e. The van der Waals surface area contributed by atoms with E-state index in [1.165, 1.54) is 15.6 Å². The van der Waals surface area contributed by atoms with Crippen molar-refractivity contribution >= 4 is 11.7 Å². The van der Waals surface area contributed by atoms with E-state index in [2.05, 4.69) is 16.9 Å². The fourth-order valence-corrected chi connectivity index (χ4v) is 4.76. The molecule has 4 rings (SSSR count). The fraction of sp³-hybridized carbons (Fsp3) is 0.444. The van der Waals surface area contributed by atoms with Gasteiger partial charge in [0.15, 0.2) is 5.75 Å². The van der Waals surface area contributed by atoms with Crippen LogP contribution in [0.15, 0.2) is 47.5 Å². The molecule has 1 aliphatic rings. The van der Waals surface area contributed by atoms with Crippen molar-refractivity contribution in [2.24, 2.45) is 13.0 Å². The molecule has 1 fully saturated rings. The number of rotatable bonds is 10. The van der Waals surface area contributed by atoms with Gasteiger partial charge in [-0.05, 0) is 25.0 Å².